The van der Waals surface area contributed by atoms with Gasteiger partial charge >= 0.3 is 5.97 Å². The normalized spacial score (nSPS) is 21.1. The van der Waals surface area contributed by atoms with Crippen LogP contribution in [0.5, 0.6) is 0 Å². The highest BCUT2D eigenvalue weighted by Crippen LogP contribution is 2.13. The molecule has 98 valence electrons. The largest absolute Gasteiger partial charge is 0.479 e. The van der Waals surface area contributed by atoms with E-state index < -0.39 is 12.1 Å². The third-order valence-electron chi connectivity index (χ3n) is 2.99. The second-order valence-corrected chi connectivity index (χ2v) is 4.26. The van der Waals surface area contributed by atoms with E-state index in [1.54, 1.807) is 0 Å². The fourth-order valence-electron chi connectivity index (χ4n) is 1.86. The molecule has 1 saturated heterocycles. The van der Waals surface area contributed by atoms with E-state index in [0.717, 1.165) is 25.9 Å². The van der Waals surface area contributed by atoms with Gasteiger partial charge in [-0.3, -0.25) is 4.79 Å². The SMILES string of the molecule is COC(CNC(=O)CCC1CCNC1)C(=O)O. The first-order chi connectivity index (χ1) is 8.13. The Morgan fingerprint density at radius 1 is 1.59 bits per heavy atom. The van der Waals surface area contributed by atoms with Gasteiger partial charge in [0.1, 0.15) is 0 Å². The lowest BCUT2D eigenvalue weighted by molar-refractivity contribution is -0.148. The summed E-state index contributed by atoms with van der Waals surface area (Å²) in [6, 6.07) is 0. The molecule has 0 aromatic rings. The lowest BCUT2D eigenvalue weighted by atomic mass is 10.0. The third kappa shape index (κ3) is 5.14. The number of methoxy groups -OCH3 is 1. The van der Waals surface area contributed by atoms with Crippen molar-refractivity contribution in [2.75, 3.05) is 26.7 Å². The van der Waals surface area contributed by atoms with Crippen molar-refractivity contribution in [1.29, 1.82) is 0 Å². The maximum atomic E-state index is 11.5. The lowest BCUT2D eigenvalue weighted by Gasteiger charge is -2.12. The maximum Gasteiger partial charge on any atom is 0.334 e. The molecule has 0 aromatic carbocycles. The molecule has 1 heterocycles. The van der Waals surface area contributed by atoms with Crippen molar-refractivity contribution in [3.63, 3.8) is 0 Å². The van der Waals surface area contributed by atoms with Crippen LogP contribution in [0.3, 0.4) is 0 Å². The van der Waals surface area contributed by atoms with Gasteiger partial charge in [-0.2, -0.15) is 0 Å². The zero-order valence-corrected chi connectivity index (χ0v) is 10.1. The van der Waals surface area contributed by atoms with Crippen molar-refractivity contribution in [3.8, 4) is 0 Å². The topological polar surface area (TPSA) is 87.7 Å². The second kappa shape index (κ2) is 7.24. The van der Waals surface area contributed by atoms with Crippen LogP contribution < -0.4 is 10.6 Å². The Bertz CT molecular complexity index is 264. The summed E-state index contributed by atoms with van der Waals surface area (Å²) in [5.74, 6) is -0.605. The number of amides is 1. The summed E-state index contributed by atoms with van der Waals surface area (Å²) in [6.07, 6.45) is 1.45. The van der Waals surface area contributed by atoms with Crippen LogP contribution in [0.1, 0.15) is 19.3 Å². The number of carboxylic acids is 1. The number of hydrogen-bond donors (Lipinski definition) is 3. The van der Waals surface area contributed by atoms with Crippen LogP contribution in [-0.4, -0.2) is 49.8 Å². The summed E-state index contributed by atoms with van der Waals surface area (Å²) in [5.41, 5.74) is 0. The van der Waals surface area contributed by atoms with Gasteiger partial charge in [0.15, 0.2) is 6.10 Å². The van der Waals surface area contributed by atoms with Crippen LogP contribution in [0, 0.1) is 5.92 Å². The van der Waals surface area contributed by atoms with E-state index in [1.807, 2.05) is 0 Å². The van der Waals surface area contributed by atoms with Crippen molar-refractivity contribution >= 4 is 11.9 Å². The number of carboxylic acid groups (broad SMARTS) is 1. The summed E-state index contributed by atoms with van der Waals surface area (Å²) in [6.45, 7) is 2.02. The molecule has 1 fully saturated rings. The molecule has 1 aliphatic rings. The van der Waals surface area contributed by atoms with Crippen LogP contribution in [0.15, 0.2) is 0 Å². The molecule has 0 radical (unpaired) electrons. The first-order valence-corrected chi connectivity index (χ1v) is 5.86. The minimum Gasteiger partial charge on any atom is -0.479 e. The minimum absolute atomic E-state index is 0.0214. The molecule has 2 atom stereocenters. The predicted octanol–water partition coefficient (Wildman–Crippen LogP) is -0.408. The van der Waals surface area contributed by atoms with Crippen LogP contribution in [0.2, 0.25) is 0 Å². The van der Waals surface area contributed by atoms with Crippen molar-refractivity contribution in [1.82, 2.24) is 10.6 Å². The molecular formula is C11H20N2O4. The number of rotatable bonds is 7. The van der Waals surface area contributed by atoms with E-state index in [9.17, 15) is 9.59 Å². The Balaban J connectivity index is 2.13. The Morgan fingerprint density at radius 2 is 2.35 bits per heavy atom. The van der Waals surface area contributed by atoms with Gasteiger partial charge in [-0.25, -0.2) is 4.79 Å². The Labute approximate surface area is 101 Å². The van der Waals surface area contributed by atoms with E-state index in [1.165, 1.54) is 7.11 Å². The molecular weight excluding hydrogens is 224 g/mol. The van der Waals surface area contributed by atoms with Gasteiger partial charge in [0.05, 0.1) is 6.54 Å². The Morgan fingerprint density at radius 3 is 2.88 bits per heavy atom. The highest BCUT2D eigenvalue weighted by atomic mass is 16.5. The van der Waals surface area contributed by atoms with E-state index >= 15 is 0 Å². The highest BCUT2D eigenvalue weighted by molar-refractivity contribution is 5.78. The van der Waals surface area contributed by atoms with Crippen molar-refractivity contribution in [2.45, 2.75) is 25.4 Å². The second-order valence-electron chi connectivity index (χ2n) is 4.26. The molecule has 3 N–H and O–H groups in total. The van der Waals surface area contributed by atoms with Crippen molar-refractivity contribution in [3.05, 3.63) is 0 Å². The number of carbonyl (C=O) groups excluding carboxylic acids is 1. The first-order valence-electron chi connectivity index (χ1n) is 5.86. The number of hydrogen-bond acceptors (Lipinski definition) is 4. The number of nitrogens with one attached hydrogen (secondary N) is 2. The fraction of sp³-hybridized carbons (Fsp3) is 0.818. The van der Waals surface area contributed by atoms with Gasteiger partial charge in [-0.05, 0) is 31.8 Å². The molecule has 1 amide bonds. The first kappa shape index (κ1) is 13.9. The minimum atomic E-state index is -1.06. The molecule has 6 nitrogen and oxygen atoms in total. The quantitative estimate of drug-likeness (QED) is 0.567. The molecule has 6 heteroatoms. The molecule has 0 aliphatic carbocycles. The summed E-state index contributed by atoms with van der Waals surface area (Å²) >= 11 is 0. The summed E-state index contributed by atoms with van der Waals surface area (Å²) in [5, 5.41) is 14.5. The molecule has 2 unspecified atom stereocenters. The van der Waals surface area contributed by atoms with Gasteiger partial charge < -0.3 is 20.5 Å². The molecule has 0 saturated carbocycles. The maximum absolute atomic E-state index is 11.5. The molecule has 0 bridgehead atoms. The third-order valence-corrected chi connectivity index (χ3v) is 2.99. The average Bonchev–Trinajstić information content (AvgIpc) is 2.79. The van der Waals surface area contributed by atoms with Crippen LogP contribution in [-0.2, 0) is 14.3 Å². The molecule has 1 aliphatic heterocycles. The van der Waals surface area contributed by atoms with E-state index in [-0.39, 0.29) is 12.5 Å². The van der Waals surface area contributed by atoms with Crippen LogP contribution in [0.25, 0.3) is 0 Å². The number of carbonyl (C=O) groups is 2. The fourth-order valence-corrected chi connectivity index (χ4v) is 1.86. The predicted molar refractivity (Wildman–Crippen MR) is 61.7 cm³/mol. The number of aliphatic carboxylic acids is 1. The van der Waals surface area contributed by atoms with Gasteiger partial charge in [0.2, 0.25) is 5.91 Å². The monoisotopic (exact) mass is 244 g/mol. The van der Waals surface area contributed by atoms with Crippen molar-refractivity contribution < 1.29 is 19.4 Å². The summed E-state index contributed by atoms with van der Waals surface area (Å²) in [7, 11) is 1.31. The van der Waals surface area contributed by atoms with Crippen LogP contribution >= 0.6 is 0 Å². The van der Waals surface area contributed by atoms with Gasteiger partial charge in [-0.1, -0.05) is 0 Å². The standard InChI is InChI=1S/C11H20N2O4/c1-17-9(11(15)16)7-13-10(14)3-2-8-4-5-12-6-8/h8-9,12H,2-7H2,1H3,(H,13,14)(H,15,16). The smallest absolute Gasteiger partial charge is 0.334 e. The lowest BCUT2D eigenvalue weighted by Crippen LogP contribution is -2.37. The van der Waals surface area contributed by atoms with E-state index in [4.69, 9.17) is 9.84 Å². The molecule has 0 spiro atoms. The van der Waals surface area contributed by atoms with Gasteiger partial charge in [-0.15, -0.1) is 0 Å². The van der Waals surface area contributed by atoms with Crippen LogP contribution in [0.4, 0.5) is 0 Å². The average molecular weight is 244 g/mol. The van der Waals surface area contributed by atoms with Crippen molar-refractivity contribution in [2.24, 2.45) is 5.92 Å². The molecule has 1 rings (SSSR count). The zero-order chi connectivity index (χ0) is 12.7. The molecule has 17 heavy (non-hydrogen) atoms. The summed E-state index contributed by atoms with van der Waals surface area (Å²) < 4.78 is 4.72. The van der Waals surface area contributed by atoms with Gasteiger partial charge in [0, 0.05) is 13.5 Å². The Kier molecular flexibility index (Phi) is 5.93. The van der Waals surface area contributed by atoms with Gasteiger partial charge in [0.25, 0.3) is 0 Å². The number of ether oxygens (including phenoxy) is 1. The molecule has 0 aromatic heterocycles. The van der Waals surface area contributed by atoms with E-state index in [0.29, 0.717) is 12.3 Å². The highest BCUT2D eigenvalue weighted by Gasteiger charge is 2.18. The van der Waals surface area contributed by atoms with E-state index in [2.05, 4.69) is 10.6 Å². The summed E-state index contributed by atoms with van der Waals surface area (Å²) in [4.78, 5) is 22.1. The zero-order valence-electron chi connectivity index (χ0n) is 10.1. The Hall–Kier alpha value is -1.14.